The molecule has 2 aromatic heterocycles. The van der Waals surface area contributed by atoms with Crippen molar-refractivity contribution in [1.82, 2.24) is 9.13 Å². The number of fused-ring (bicyclic) bond motifs is 1. The SMILES string of the molecule is CCOC(=O)C1=C(C)N=c2s/c(=C/c3cc(C)n(-c4ccc(OC)cc4)c3C)c(=O)n2[C@H]1c1ccccc1Cl. The summed E-state index contributed by atoms with van der Waals surface area (Å²) in [6, 6.07) is 16.4. The highest BCUT2D eigenvalue weighted by Crippen LogP contribution is 2.34. The number of aromatic nitrogens is 2. The van der Waals surface area contributed by atoms with Crippen molar-refractivity contribution in [2.75, 3.05) is 13.7 Å². The number of ether oxygens (including phenoxy) is 2. The van der Waals surface area contributed by atoms with E-state index in [1.165, 1.54) is 11.3 Å². The van der Waals surface area contributed by atoms with E-state index in [1.807, 2.05) is 62.4 Å². The molecule has 0 unspecified atom stereocenters. The number of hydrogen-bond donors (Lipinski definition) is 0. The number of halogens is 1. The summed E-state index contributed by atoms with van der Waals surface area (Å²) in [4.78, 5) is 32.2. The monoisotopic (exact) mass is 561 g/mol. The van der Waals surface area contributed by atoms with Gasteiger partial charge in [-0.25, -0.2) is 9.79 Å². The van der Waals surface area contributed by atoms with Gasteiger partial charge in [-0.05, 0) is 81.3 Å². The van der Waals surface area contributed by atoms with E-state index in [4.69, 9.17) is 21.1 Å². The number of methoxy groups -OCH3 is 1. The van der Waals surface area contributed by atoms with Gasteiger partial charge in [-0.2, -0.15) is 0 Å². The van der Waals surface area contributed by atoms with Crippen molar-refractivity contribution < 1.29 is 14.3 Å². The molecule has 0 bridgehead atoms. The number of aryl methyl sites for hydroxylation is 1. The van der Waals surface area contributed by atoms with E-state index in [0.717, 1.165) is 28.4 Å². The molecule has 9 heteroatoms. The summed E-state index contributed by atoms with van der Waals surface area (Å²) in [6.45, 7) is 7.77. The Labute approximate surface area is 234 Å². The highest BCUT2D eigenvalue weighted by Gasteiger charge is 2.34. The molecular weight excluding hydrogens is 534 g/mol. The fraction of sp³-hybridized carbons (Fsp3) is 0.233. The third-order valence-electron chi connectivity index (χ3n) is 6.80. The Morgan fingerprint density at radius 1 is 1.13 bits per heavy atom. The van der Waals surface area contributed by atoms with Gasteiger partial charge in [0.1, 0.15) is 11.8 Å². The number of allylic oxidation sites excluding steroid dienone is 1. The zero-order chi connectivity index (χ0) is 27.8. The Hall–Kier alpha value is -3.88. The topological polar surface area (TPSA) is 74.8 Å². The molecule has 0 N–H and O–H groups in total. The van der Waals surface area contributed by atoms with E-state index in [1.54, 1.807) is 31.6 Å². The Morgan fingerprint density at radius 2 is 1.85 bits per heavy atom. The van der Waals surface area contributed by atoms with Crippen molar-refractivity contribution in [2.45, 2.75) is 33.7 Å². The number of nitrogens with zero attached hydrogens (tertiary/aromatic N) is 3. The minimum Gasteiger partial charge on any atom is -0.497 e. The molecule has 2 aromatic carbocycles. The largest absolute Gasteiger partial charge is 0.497 e. The summed E-state index contributed by atoms with van der Waals surface area (Å²) in [5, 5.41) is 0.455. The summed E-state index contributed by atoms with van der Waals surface area (Å²) in [6.07, 6.45) is 1.89. The van der Waals surface area contributed by atoms with Gasteiger partial charge in [0.05, 0.1) is 29.5 Å². The molecule has 0 fully saturated rings. The molecule has 7 nitrogen and oxygen atoms in total. The van der Waals surface area contributed by atoms with Gasteiger partial charge >= 0.3 is 5.97 Å². The van der Waals surface area contributed by atoms with Gasteiger partial charge < -0.3 is 14.0 Å². The van der Waals surface area contributed by atoms with E-state index in [0.29, 0.717) is 31.2 Å². The van der Waals surface area contributed by atoms with Gasteiger partial charge in [-0.15, -0.1) is 0 Å². The molecule has 0 saturated carbocycles. The van der Waals surface area contributed by atoms with Gasteiger partial charge in [0, 0.05) is 22.1 Å². The minimum absolute atomic E-state index is 0.207. The number of benzene rings is 2. The Morgan fingerprint density at radius 3 is 2.51 bits per heavy atom. The normalized spacial score (nSPS) is 15.2. The van der Waals surface area contributed by atoms with Crippen molar-refractivity contribution in [3.63, 3.8) is 0 Å². The second-order valence-electron chi connectivity index (χ2n) is 9.18. The maximum Gasteiger partial charge on any atom is 0.338 e. The van der Waals surface area contributed by atoms with Gasteiger partial charge in [-0.3, -0.25) is 9.36 Å². The zero-order valence-corrected chi connectivity index (χ0v) is 23.9. The third kappa shape index (κ3) is 4.75. The average molecular weight is 562 g/mol. The van der Waals surface area contributed by atoms with Crippen LogP contribution in [0.3, 0.4) is 0 Å². The van der Waals surface area contributed by atoms with Crippen LogP contribution in [0.5, 0.6) is 5.75 Å². The maximum atomic E-state index is 13.9. The number of carbonyl (C=O) groups is 1. The van der Waals surface area contributed by atoms with Crippen LogP contribution in [0.1, 0.15) is 42.4 Å². The lowest BCUT2D eigenvalue weighted by Gasteiger charge is -2.25. The van der Waals surface area contributed by atoms with Crippen molar-refractivity contribution >= 4 is 35.0 Å². The predicted octanol–water partition coefficient (Wildman–Crippen LogP) is 4.87. The summed E-state index contributed by atoms with van der Waals surface area (Å²) >= 11 is 7.88. The van der Waals surface area contributed by atoms with Crippen LogP contribution in [0.2, 0.25) is 5.02 Å². The summed E-state index contributed by atoms with van der Waals surface area (Å²) in [5.41, 5.74) is 5.16. The Kier molecular flexibility index (Phi) is 7.34. The van der Waals surface area contributed by atoms with Gasteiger partial charge in [-0.1, -0.05) is 41.1 Å². The molecule has 0 radical (unpaired) electrons. The standard InChI is InChI=1S/C30H28ClN3O4S/c1-6-38-29(36)26-18(3)32-30-34(27(26)23-9-7-8-10-24(23)31)28(35)25(39-30)16-20-15-17(2)33(19(20)4)21-11-13-22(37-5)14-12-21/h7-16,27H,6H2,1-5H3/b25-16+/t27-/m0/s1. The van der Waals surface area contributed by atoms with Crippen LogP contribution in [0.15, 0.2) is 75.7 Å². The van der Waals surface area contributed by atoms with E-state index in [-0.39, 0.29) is 12.2 Å². The summed E-state index contributed by atoms with van der Waals surface area (Å²) in [5.74, 6) is 0.272. The average Bonchev–Trinajstić information content (AvgIpc) is 3.37. The highest BCUT2D eigenvalue weighted by molar-refractivity contribution is 7.07. The fourth-order valence-electron chi connectivity index (χ4n) is 4.99. The molecule has 4 aromatic rings. The molecule has 0 saturated heterocycles. The van der Waals surface area contributed by atoms with E-state index in [9.17, 15) is 9.59 Å². The molecule has 5 rings (SSSR count). The second-order valence-corrected chi connectivity index (χ2v) is 10.6. The van der Waals surface area contributed by atoms with Crippen LogP contribution in [0.25, 0.3) is 11.8 Å². The predicted molar refractivity (Wildman–Crippen MR) is 154 cm³/mol. The molecular formula is C30H28ClN3O4S. The van der Waals surface area contributed by atoms with E-state index >= 15 is 0 Å². The van der Waals surface area contributed by atoms with Crippen LogP contribution in [0.4, 0.5) is 0 Å². The van der Waals surface area contributed by atoms with Crippen LogP contribution >= 0.6 is 22.9 Å². The Balaban J connectivity index is 1.68. The van der Waals surface area contributed by atoms with Crippen LogP contribution in [0, 0.1) is 13.8 Å². The van der Waals surface area contributed by atoms with Gasteiger partial charge in [0.15, 0.2) is 4.80 Å². The third-order valence-corrected chi connectivity index (χ3v) is 8.13. The lowest BCUT2D eigenvalue weighted by molar-refractivity contribution is -0.139. The molecule has 1 aliphatic rings. The smallest absolute Gasteiger partial charge is 0.338 e. The van der Waals surface area contributed by atoms with Crippen LogP contribution in [-0.2, 0) is 9.53 Å². The van der Waals surface area contributed by atoms with Gasteiger partial charge in [0.25, 0.3) is 5.56 Å². The number of esters is 1. The molecule has 0 aliphatic carbocycles. The van der Waals surface area contributed by atoms with Crippen molar-refractivity contribution in [3.8, 4) is 11.4 Å². The maximum absolute atomic E-state index is 13.9. The molecule has 1 aliphatic heterocycles. The summed E-state index contributed by atoms with van der Waals surface area (Å²) < 4.78 is 14.9. The molecule has 0 spiro atoms. The molecule has 39 heavy (non-hydrogen) atoms. The first kappa shape index (κ1) is 26.7. The molecule has 1 atom stereocenters. The number of thiazole rings is 1. The first-order valence-electron chi connectivity index (χ1n) is 12.5. The van der Waals surface area contributed by atoms with E-state index in [2.05, 4.69) is 15.6 Å². The van der Waals surface area contributed by atoms with Crippen molar-refractivity contribution in [3.05, 3.63) is 113 Å². The molecule has 0 amide bonds. The van der Waals surface area contributed by atoms with E-state index < -0.39 is 12.0 Å². The van der Waals surface area contributed by atoms with Crippen molar-refractivity contribution in [1.29, 1.82) is 0 Å². The number of rotatable bonds is 6. The fourth-order valence-corrected chi connectivity index (χ4v) is 6.26. The Bertz CT molecular complexity index is 1790. The molecule has 200 valence electrons. The first-order chi connectivity index (χ1) is 18.7. The van der Waals surface area contributed by atoms with Gasteiger partial charge in [0.2, 0.25) is 0 Å². The van der Waals surface area contributed by atoms with Crippen LogP contribution < -0.4 is 19.6 Å². The first-order valence-corrected chi connectivity index (χ1v) is 13.7. The second kappa shape index (κ2) is 10.7. The minimum atomic E-state index is -0.747. The van der Waals surface area contributed by atoms with Crippen molar-refractivity contribution in [2.24, 2.45) is 4.99 Å². The highest BCUT2D eigenvalue weighted by atomic mass is 35.5. The lowest BCUT2D eigenvalue weighted by Crippen LogP contribution is -2.40. The zero-order valence-electron chi connectivity index (χ0n) is 22.3. The number of carbonyl (C=O) groups excluding carboxylic acids is 1. The lowest BCUT2D eigenvalue weighted by atomic mass is 9.96. The number of hydrogen-bond acceptors (Lipinski definition) is 6. The quantitative estimate of drug-likeness (QED) is 0.315. The molecule has 3 heterocycles. The summed E-state index contributed by atoms with van der Waals surface area (Å²) in [7, 11) is 1.64. The van der Waals surface area contributed by atoms with Crippen LogP contribution in [-0.4, -0.2) is 28.8 Å².